The summed E-state index contributed by atoms with van der Waals surface area (Å²) >= 11 is 1.25. The summed E-state index contributed by atoms with van der Waals surface area (Å²) in [4.78, 5) is 12.0. The van der Waals surface area contributed by atoms with Gasteiger partial charge in [-0.05, 0) is 6.92 Å². The van der Waals surface area contributed by atoms with Crippen LogP contribution in [-0.4, -0.2) is 24.1 Å². The minimum absolute atomic E-state index is 0.202. The third-order valence-electron chi connectivity index (χ3n) is 3.14. The van der Waals surface area contributed by atoms with E-state index in [0.29, 0.717) is 17.4 Å². The lowest BCUT2D eigenvalue weighted by molar-refractivity contribution is -0.140. The first kappa shape index (κ1) is 14.8. The van der Waals surface area contributed by atoms with Gasteiger partial charge in [-0.2, -0.15) is 13.2 Å². The monoisotopic (exact) mass is 327 g/mol. The fraction of sp³-hybridized carbons (Fsp3) is 0.308. The third-order valence-corrected chi connectivity index (χ3v) is 3.91. The van der Waals surface area contributed by atoms with Crippen LogP contribution in [0.25, 0.3) is 10.8 Å². The number of rotatable bonds is 4. The van der Waals surface area contributed by atoms with Crippen LogP contribution in [0.5, 0.6) is 0 Å². The van der Waals surface area contributed by atoms with Crippen molar-refractivity contribution in [1.82, 2.24) is 24.1 Å². The molecule has 0 atom stereocenters. The van der Waals surface area contributed by atoms with Crippen LogP contribution in [0.3, 0.4) is 0 Å². The highest BCUT2D eigenvalue weighted by atomic mass is 32.1. The van der Waals surface area contributed by atoms with Gasteiger partial charge in [0.2, 0.25) is 0 Å². The number of aryl methyl sites for hydroxylation is 1. The molecule has 9 heteroatoms. The smallest absolute Gasteiger partial charge is 0.334 e. The second-order valence-electron chi connectivity index (χ2n) is 4.54. The lowest BCUT2D eigenvalue weighted by Gasteiger charge is -2.07. The number of nitrogens with zero attached hydrogens (tertiary/aromatic N) is 5. The Kier molecular flexibility index (Phi) is 3.73. The average Bonchev–Trinajstić information content (AvgIpc) is 3.17. The Labute approximate surface area is 128 Å². The molecule has 0 fully saturated rings. The molecule has 0 radical (unpaired) electrons. The molecule has 0 saturated heterocycles. The maximum absolute atomic E-state index is 12.9. The Bertz CT molecular complexity index is 757. The standard InChI is InChI=1S/C13H12F3N5S/c1-2-20-5-3-17-10(20)8-21-7-9(13(14,15)16)19-11(21)12-18-4-6-22-12/h3-7H,2,8H2,1H3. The van der Waals surface area contributed by atoms with Gasteiger partial charge in [-0.15, -0.1) is 11.3 Å². The van der Waals surface area contributed by atoms with Crippen LogP contribution in [0.15, 0.2) is 30.2 Å². The Balaban J connectivity index is 2.04. The molecule has 0 aromatic carbocycles. The minimum atomic E-state index is -4.49. The number of aromatic nitrogens is 5. The number of hydrogen-bond donors (Lipinski definition) is 0. The molecule has 5 nitrogen and oxygen atoms in total. The fourth-order valence-electron chi connectivity index (χ4n) is 2.11. The number of imidazole rings is 2. The zero-order valence-electron chi connectivity index (χ0n) is 11.6. The second-order valence-corrected chi connectivity index (χ2v) is 5.44. The molecule has 3 aromatic rings. The summed E-state index contributed by atoms with van der Waals surface area (Å²) in [6, 6.07) is 0. The van der Waals surface area contributed by atoms with Crippen molar-refractivity contribution in [3.63, 3.8) is 0 Å². The van der Waals surface area contributed by atoms with Gasteiger partial charge in [-0.3, -0.25) is 0 Å². The van der Waals surface area contributed by atoms with E-state index in [1.807, 2.05) is 11.5 Å². The molecule has 0 saturated carbocycles. The molecule has 3 rings (SSSR count). The van der Waals surface area contributed by atoms with Crippen molar-refractivity contribution in [3.05, 3.63) is 41.7 Å². The van der Waals surface area contributed by atoms with Crippen molar-refractivity contribution in [2.24, 2.45) is 0 Å². The molecule has 3 aromatic heterocycles. The molecule has 0 aliphatic rings. The number of halogens is 3. The topological polar surface area (TPSA) is 48.5 Å². The van der Waals surface area contributed by atoms with Crippen LogP contribution < -0.4 is 0 Å². The van der Waals surface area contributed by atoms with Crippen LogP contribution in [-0.2, 0) is 19.3 Å². The molecule has 22 heavy (non-hydrogen) atoms. The van der Waals surface area contributed by atoms with E-state index in [0.717, 1.165) is 6.20 Å². The van der Waals surface area contributed by atoms with Gasteiger partial charge in [-0.1, -0.05) is 0 Å². The van der Waals surface area contributed by atoms with Crippen molar-refractivity contribution in [2.45, 2.75) is 26.2 Å². The molecule has 0 aliphatic heterocycles. The predicted octanol–water partition coefficient (Wildman–Crippen LogP) is 3.29. The summed E-state index contributed by atoms with van der Waals surface area (Å²) < 4.78 is 42.1. The molecular formula is C13H12F3N5S. The molecule has 0 unspecified atom stereocenters. The molecule has 0 bridgehead atoms. The Hall–Kier alpha value is -2.16. The van der Waals surface area contributed by atoms with Crippen LogP contribution >= 0.6 is 11.3 Å². The second kappa shape index (κ2) is 5.56. The maximum Gasteiger partial charge on any atom is 0.434 e. The SMILES string of the molecule is CCn1ccnc1Cn1cc(C(F)(F)F)nc1-c1nccs1. The highest BCUT2D eigenvalue weighted by Gasteiger charge is 2.35. The third kappa shape index (κ3) is 2.76. The lowest BCUT2D eigenvalue weighted by atomic mass is 10.4. The van der Waals surface area contributed by atoms with E-state index < -0.39 is 11.9 Å². The van der Waals surface area contributed by atoms with Crippen molar-refractivity contribution >= 4 is 11.3 Å². The first-order chi connectivity index (χ1) is 10.5. The molecule has 0 amide bonds. The van der Waals surface area contributed by atoms with Crippen molar-refractivity contribution < 1.29 is 13.2 Å². The minimum Gasteiger partial charge on any atom is -0.334 e. The zero-order valence-corrected chi connectivity index (χ0v) is 12.4. The molecule has 0 N–H and O–H groups in total. The summed E-state index contributed by atoms with van der Waals surface area (Å²) in [7, 11) is 0. The zero-order chi connectivity index (χ0) is 15.7. The van der Waals surface area contributed by atoms with Gasteiger partial charge < -0.3 is 9.13 Å². The first-order valence-electron chi connectivity index (χ1n) is 6.53. The summed E-state index contributed by atoms with van der Waals surface area (Å²) in [6.45, 7) is 2.85. The molecule has 0 spiro atoms. The van der Waals surface area contributed by atoms with E-state index in [4.69, 9.17) is 0 Å². The van der Waals surface area contributed by atoms with Gasteiger partial charge in [0, 0.05) is 36.7 Å². The fourth-order valence-corrected chi connectivity index (χ4v) is 2.75. The average molecular weight is 327 g/mol. The maximum atomic E-state index is 12.9. The summed E-state index contributed by atoms with van der Waals surface area (Å²) in [5, 5.41) is 2.15. The van der Waals surface area contributed by atoms with Gasteiger partial charge >= 0.3 is 6.18 Å². The van der Waals surface area contributed by atoms with Crippen LogP contribution in [0, 0.1) is 0 Å². The van der Waals surface area contributed by atoms with Gasteiger partial charge in [0.15, 0.2) is 16.5 Å². The van der Waals surface area contributed by atoms with Crippen molar-refractivity contribution in [1.29, 1.82) is 0 Å². The van der Waals surface area contributed by atoms with Crippen molar-refractivity contribution in [3.8, 4) is 10.8 Å². The van der Waals surface area contributed by atoms with Gasteiger partial charge in [0.05, 0.1) is 6.54 Å². The normalized spacial score (nSPS) is 12.0. The predicted molar refractivity (Wildman–Crippen MR) is 75.3 cm³/mol. The van der Waals surface area contributed by atoms with Crippen molar-refractivity contribution in [2.75, 3.05) is 0 Å². The largest absolute Gasteiger partial charge is 0.434 e. The molecule has 0 aliphatic carbocycles. The van der Waals surface area contributed by atoms with E-state index in [-0.39, 0.29) is 12.4 Å². The van der Waals surface area contributed by atoms with E-state index in [1.54, 1.807) is 24.0 Å². The van der Waals surface area contributed by atoms with Crippen LogP contribution in [0.2, 0.25) is 0 Å². The Morgan fingerprint density at radius 2 is 2.00 bits per heavy atom. The molecular weight excluding hydrogens is 315 g/mol. The molecule has 3 heterocycles. The van der Waals surface area contributed by atoms with E-state index in [9.17, 15) is 13.2 Å². The van der Waals surface area contributed by atoms with Crippen LogP contribution in [0.1, 0.15) is 18.4 Å². The highest BCUT2D eigenvalue weighted by Crippen LogP contribution is 2.31. The summed E-state index contributed by atoms with van der Waals surface area (Å²) in [5.41, 5.74) is -0.924. The van der Waals surface area contributed by atoms with E-state index in [2.05, 4.69) is 15.0 Å². The quantitative estimate of drug-likeness (QED) is 0.739. The van der Waals surface area contributed by atoms with Gasteiger partial charge in [0.1, 0.15) is 5.82 Å². The van der Waals surface area contributed by atoms with E-state index in [1.165, 1.54) is 15.9 Å². The Morgan fingerprint density at radius 1 is 1.18 bits per heavy atom. The van der Waals surface area contributed by atoms with E-state index >= 15 is 0 Å². The summed E-state index contributed by atoms with van der Waals surface area (Å²) in [5.74, 6) is 0.874. The number of hydrogen-bond acceptors (Lipinski definition) is 4. The summed E-state index contributed by atoms with van der Waals surface area (Å²) in [6.07, 6.45) is 1.48. The van der Waals surface area contributed by atoms with Crippen LogP contribution in [0.4, 0.5) is 13.2 Å². The Morgan fingerprint density at radius 3 is 2.64 bits per heavy atom. The molecule has 116 valence electrons. The highest BCUT2D eigenvalue weighted by molar-refractivity contribution is 7.13. The number of alkyl halides is 3. The lowest BCUT2D eigenvalue weighted by Crippen LogP contribution is -2.08. The van der Waals surface area contributed by atoms with Gasteiger partial charge in [-0.25, -0.2) is 15.0 Å². The first-order valence-corrected chi connectivity index (χ1v) is 7.41. The number of thiazole rings is 1. The van der Waals surface area contributed by atoms with Gasteiger partial charge in [0.25, 0.3) is 0 Å².